The zero-order chi connectivity index (χ0) is 20.8. The number of anilines is 1. The fourth-order valence-corrected chi connectivity index (χ4v) is 3.47. The summed E-state index contributed by atoms with van der Waals surface area (Å²) >= 11 is 15.9. The van der Waals surface area contributed by atoms with E-state index >= 15 is 0 Å². The van der Waals surface area contributed by atoms with Gasteiger partial charge >= 0.3 is 0 Å². The standard InChI is InChI=1S/C19H13BrCl2N4O3/c20-15-7-12(9-24-25-18-6-5-14(10-23-18)26(27)28)8-17(22)19(15)29-11-13-3-1-2-4-16(13)21/h1-10H,11H2,(H,23,25)/b24-9-. The minimum atomic E-state index is -0.519. The van der Waals surface area contributed by atoms with Gasteiger partial charge in [0.25, 0.3) is 5.69 Å². The molecule has 0 aliphatic rings. The molecule has 1 aromatic heterocycles. The highest BCUT2D eigenvalue weighted by Crippen LogP contribution is 2.35. The van der Waals surface area contributed by atoms with Crippen molar-refractivity contribution in [3.63, 3.8) is 0 Å². The van der Waals surface area contributed by atoms with E-state index in [2.05, 4.69) is 31.4 Å². The predicted octanol–water partition coefficient (Wildman–Crippen LogP) is 6.08. The number of aromatic nitrogens is 1. The molecule has 0 saturated carbocycles. The molecule has 0 aliphatic carbocycles. The van der Waals surface area contributed by atoms with Gasteiger partial charge in [-0.3, -0.25) is 15.5 Å². The number of pyridine rings is 1. The van der Waals surface area contributed by atoms with Crippen molar-refractivity contribution in [3.05, 3.63) is 90.5 Å². The van der Waals surface area contributed by atoms with Crippen LogP contribution in [0.15, 0.2) is 64.3 Å². The Morgan fingerprint density at radius 2 is 2.00 bits per heavy atom. The molecule has 0 amide bonds. The number of benzene rings is 2. The van der Waals surface area contributed by atoms with Crippen LogP contribution in [0, 0.1) is 10.1 Å². The third-order valence-electron chi connectivity index (χ3n) is 3.70. The van der Waals surface area contributed by atoms with E-state index in [1.807, 2.05) is 18.2 Å². The molecule has 2 aromatic carbocycles. The molecule has 0 unspecified atom stereocenters. The van der Waals surface area contributed by atoms with E-state index in [9.17, 15) is 10.1 Å². The number of nitrogens with zero attached hydrogens (tertiary/aromatic N) is 3. The van der Waals surface area contributed by atoms with Crippen LogP contribution in [0.4, 0.5) is 11.5 Å². The van der Waals surface area contributed by atoms with Gasteiger partial charge in [0.1, 0.15) is 18.6 Å². The van der Waals surface area contributed by atoms with Crippen molar-refractivity contribution in [1.29, 1.82) is 0 Å². The Balaban J connectivity index is 1.66. The van der Waals surface area contributed by atoms with Gasteiger partial charge in [0.2, 0.25) is 0 Å². The third kappa shape index (κ3) is 5.66. The van der Waals surface area contributed by atoms with Crippen LogP contribution in [0.3, 0.4) is 0 Å². The molecule has 148 valence electrons. The van der Waals surface area contributed by atoms with Crippen molar-refractivity contribution in [3.8, 4) is 5.75 Å². The largest absolute Gasteiger partial charge is 0.486 e. The Kier molecular flexibility index (Phi) is 7.03. The second kappa shape index (κ2) is 9.69. The second-order valence-electron chi connectivity index (χ2n) is 5.72. The SMILES string of the molecule is O=[N+]([O-])c1ccc(N/N=C\c2cc(Cl)c(OCc3ccccc3Cl)c(Br)c2)nc1. The molecular formula is C19H13BrCl2N4O3. The minimum absolute atomic E-state index is 0.0948. The Labute approximate surface area is 184 Å². The van der Waals surface area contributed by atoms with Gasteiger partial charge in [-0.15, -0.1) is 0 Å². The molecule has 1 N–H and O–H groups in total. The van der Waals surface area contributed by atoms with Crippen molar-refractivity contribution < 1.29 is 9.66 Å². The molecule has 0 atom stereocenters. The average Bonchev–Trinajstić information content (AvgIpc) is 2.69. The summed E-state index contributed by atoms with van der Waals surface area (Å²) in [5.74, 6) is 0.866. The lowest BCUT2D eigenvalue weighted by molar-refractivity contribution is -0.385. The Morgan fingerprint density at radius 1 is 1.21 bits per heavy atom. The number of hydrogen-bond donors (Lipinski definition) is 1. The molecule has 0 spiro atoms. The van der Waals surface area contributed by atoms with Crippen molar-refractivity contribution in [2.24, 2.45) is 5.10 Å². The Bertz CT molecular complexity index is 1040. The fourth-order valence-electron chi connectivity index (χ4n) is 2.29. The number of ether oxygens (including phenoxy) is 1. The predicted molar refractivity (Wildman–Crippen MR) is 117 cm³/mol. The Morgan fingerprint density at radius 3 is 2.66 bits per heavy atom. The number of nitrogens with one attached hydrogen (secondary N) is 1. The number of hydrazone groups is 1. The maximum atomic E-state index is 10.6. The van der Waals surface area contributed by atoms with Gasteiger partial charge in [-0.05, 0) is 45.8 Å². The van der Waals surface area contributed by atoms with Crippen LogP contribution in [0.1, 0.15) is 11.1 Å². The molecule has 29 heavy (non-hydrogen) atoms. The zero-order valence-corrected chi connectivity index (χ0v) is 17.8. The van der Waals surface area contributed by atoms with Crippen molar-refractivity contribution >= 4 is 56.9 Å². The number of halogens is 3. The summed E-state index contributed by atoms with van der Waals surface area (Å²) < 4.78 is 6.46. The maximum absolute atomic E-state index is 10.6. The molecular weight excluding hydrogens is 483 g/mol. The normalized spacial score (nSPS) is 10.9. The quantitative estimate of drug-likeness (QED) is 0.243. The van der Waals surface area contributed by atoms with Crippen LogP contribution in [-0.4, -0.2) is 16.1 Å². The molecule has 0 bridgehead atoms. The van der Waals surface area contributed by atoms with Gasteiger partial charge in [0, 0.05) is 16.7 Å². The molecule has 0 saturated heterocycles. The molecule has 0 aliphatic heterocycles. The van der Waals surface area contributed by atoms with E-state index in [1.165, 1.54) is 18.3 Å². The molecule has 3 aromatic rings. The molecule has 0 radical (unpaired) electrons. The van der Waals surface area contributed by atoms with Gasteiger partial charge in [0.05, 0.1) is 20.6 Å². The van der Waals surface area contributed by atoms with Crippen molar-refractivity contribution in [2.45, 2.75) is 6.61 Å². The first kappa shape index (κ1) is 21.0. The number of rotatable bonds is 7. The van der Waals surface area contributed by atoms with E-state index < -0.39 is 4.92 Å². The van der Waals surface area contributed by atoms with Gasteiger partial charge < -0.3 is 4.74 Å². The van der Waals surface area contributed by atoms with Crippen LogP contribution < -0.4 is 10.2 Å². The highest BCUT2D eigenvalue weighted by molar-refractivity contribution is 9.10. The summed E-state index contributed by atoms with van der Waals surface area (Å²) in [6.45, 7) is 0.277. The average molecular weight is 496 g/mol. The van der Waals surface area contributed by atoms with Gasteiger partial charge in [0.15, 0.2) is 5.75 Å². The van der Waals surface area contributed by atoms with E-state index in [0.717, 1.165) is 11.8 Å². The fraction of sp³-hybridized carbons (Fsp3) is 0.0526. The van der Waals surface area contributed by atoms with Crippen molar-refractivity contribution in [2.75, 3.05) is 5.43 Å². The summed E-state index contributed by atoms with van der Waals surface area (Å²) in [7, 11) is 0. The van der Waals surface area contributed by atoms with Crippen LogP contribution in [-0.2, 0) is 6.61 Å². The van der Waals surface area contributed by atoms with E-state index in [0.29, 0.717) is 31.6 Å². The second-order valence-corrected chi connectivity index (χ2v) is 7.39. The van der Waals surface area contributed by atoms with Crippen LogP contribution in [0.5, 0.6) is 5.75 Å². The smallest absolute Gasteiger partial charge is 0.287 e. The summed E-state index contributed by atoms with van der Waals surface area (Å²) in [6, 6.07) is 13.7. The summed E-state index contributed by atoms with van der Waals surface area (Å²) in [5, 5.41) is 15.7. The van der Waals surface area contributed by atoms with Crippen LogP contribution in [0.2, 0.25) is 10.0 Å². The minimum Gasteiger partial charge on any atom is -0.486 e. The first-order valence-electron chi connectivity index (χ1n) is 8.19. The number of hydrogen-bond acceptors (Lipinski definition) is 6. The summed E-state index contributed by atoms with van der Waals surface area (Å²) in [4.78, 5) is 14.0. The summed E-state index contributed by atoms with van der Waals surface area (Å²) in [6.07, 6.45) is 2.69. The molecule has 1 heterocycles. The van der Waals surface area contributed by atoms with Gasteiger partial charge in [-0.25, -0.2) is 4.98 Å². The molecule has 0 fully saturated rings. The van der Waals surface area contributed by atoms with Gasteiger partial charge in [-0.2, -0.15) is 5.10 Å². The monoisotopic (exact) mass is 494 g/mol. The highest BCUT2D eigenvalue weighted by Gasteiger charge is 2.10. The molecule has 10 heteroatoms. The highest BCUT2D eigenvalue weighted by atomic mass is 79.9. The third-order valence-corrected chi connectivity index (χ3v) is 4.94. The first-order chi connectivity index (χ1) is 13.9. The summed E-state index contributed by atoms with van der Waals surface area (Å²) in [5.41, 5.74) is 4.16. The van der Waals surface area contributed by atoms with Crippen LogP contribution in [0.25, 0.3) is 0 Å². The topological polar surface area (TPSA) is 89.7 Å². The molecule has 3 rings (SSSR count). The van der Waals surface area contributed by atoms with Crippen LogP contribution >= 0.6 is 39.1 Å². The van der Waals surface area contributed by atoms with Gasteiger partial charge in [-0.1, -0.05) is 41.4 Å². The Hall–Kier alpha value is -2.68. The maximum Gasteiger partial charge on any atom is 0.287 e. The zero-order valence-electron chi connectivity index (χ0n) is 14.7. The lowest BCUT2D eigenvalue weighted by Crippen LogP contribution is -1.99. The molecule has 7 nitrogen and oxygen atoms in total. The first-order valence-corrected chi connectivity index (χ1v) is 9.73. The lowest BCUT2D eigenvalue weighted by atomic mass is 10.2. The van der Waals surface area contributed by atoms with Crippen molar-refractivity contribution in [1.82, 2.24) is 4.98 Å². The lowest BCUT2D eigenvalue weighted by Gasteiger charge is -2.12. The van der Waals surface area contributed by atoms with E-state index in [4.69, 9.17) is 27.9 Å². The van der Waals surface area contributed by atoms with E-state index in [-0.39, 0.29) is 12.3 Å². The number of nitro groups is 1. The van der Waals surface area contributed by atoms with E-state index in [1.54, 1.807) is 18.2 Å².